The number of fused-ring (bicyclic) bond motifs is 2. The van der Waals surface area contributed by atoms with Gasteiger partial charge in [0.05, 0.1) is 16.4 Å². The predicted molar refractivity (Wildman–Crippen MR) is 94.8 cm³/mol. The Kier molecular flexibility index (Phi) is 3.66. The number of ether oxygens (including phenoxy) is 1. The van der Waals surface area contributed by atoms with E-state index in [1.807, 2.05) is 25.1 Å². The number of benzene rings is 2. The fourth-order valence-electron chi connectivity index (χ4n) is 3.29. The molecule has 1 unspecified atom stereocenters. The number of rotatable bonds is 2. The smallest absolute Gasteiger partial charge is 0.266 e. The fraction of sp³-hybridized carbons (Fsp3) is 0.235. The van der Waals surface area contributed by atoms with Crippen LogP contribution in [0.2, 0.25) is 5.02 Å². The van der Waals surface area contributed by atoms with Crippen molar-refractivity contribution in [2.75, 3.05) is 16.2 Å². The maximum Gasteiger partial charge on any atom is 0.266 e. The lowest BCUT2D eigenvalue weighted by Crippen LogP contribution is -2.36. The first kappa shape index (κ1) is 16.2. The number of nitrogens with zero attached hydrogens (tertiary/aromatic N) is 1. The van der Waals surface area contributed by atoms with Gasteiger partial charge < -0.3 is 10.1 Å². The lowest BCUT2D eigenvalue weighted by atomic mass is 10.1. The van der Waals surface area contributed by atoms with Gasteiger partial charge in [-0.05, 0) is 31.0 Å². The quantitative estimate of drug-likeness (QED) is 0.871. The molecule has 2 aromatic carbocycles. The Labute approximate surface area is 150 Å². The molecule has 0 bridgehead atoms. The molecule has 1 amide bonds. The second kappa shape index (κ2) is 5.64. The highest BCUT2D eigenvalue weighted by molar-refractivity contribution is 7.93. The van der Waals surface area contributed by atoms with Crippen LogP contribution in [0.3, 0.4) is 0 Å². The molecule has 6 nitrogen and oxygen atoms in total. The average Bonchev–Trinajstić information content (AvgIpc) is 2.90. The summed E-state index contributed by atoms with van der Waals surface area (Å²) in [6.45, 7) is 1.71. The van der Waals surface area contributed by atoms with E-state index in [2.05, 4.69) is 5.32 Å². The summed E-state index contributed by atoms with van der Waals surface area (Å²) < 4.78 is 33.3. The van der Waals surface area contributed by atoms with Crippen molar-refractivity contribution in [1.29, 1.82) is 0 Å². The first-order chi connectivity index (χ1) is 11.9. The van der Waals surface area contributed by atoms with Gasteiger partial charge in [-0.2, -0.15) is 0 Å². The van der Waals surface area contributed by atoms with Gasteiger partial charge in [0.1, 0.15) is 10.6 Å². The van der Waals surface area contributed by atoms with Crippen molar-refractivity contribution in [1.82, 2.24) is 0 Å². The van der Waals surface area contributed by atoms with Crippen LogP contribution in [0.5, 0.6) is 5.75 Å². The Hall–Kier alpha value is -2.25. The molecule has 1 atom stereocenters. The second-order valence-electron chi connectivity index (χ2n) is 6.10. The standard InChI is InChI=1S/C17H15ClN2O4S/c1-10-6-11-4-2-3-5-14(11)20(10)25(22,23)16-8-15-13(7-12(16)18)19-17(21)9-24-15/h2-5,7-8,10H,6,9H2,1H3,(H,19,21). The van der Waals surface area contributed by atoms with E-state index < -0.39 is 10.0 Å². The van der Waals surface area contributed by atoms with Crippen molar-refractivity contribution in [3.05, 3.63) is 47.0 Å². The van der Waals surface area contributed by atoms with E-state index in [0.29, 0.717) is 23.5 Å². The highest BCUT2D eigenvalue weighted by Gasteiger charge is 2.37. The molecule has 130 valence electrons. The Bertz CT molecular complexity index is 990. The molecule has 1 N–H and O–H groups in total. The Balaban J connectivity index is 1.83. The topological polar surface area (TPSA) is 75.7 Å². The first-order valence-electron chi connectivity index (χ1n) is 7.76. The summed E-state index contributed by atoms with van der Waals surface area (Å²) in [5.41, 5.74) is 2.02. The number of hydrogen-bond acceptors (Lipinski definition) is 4. The van der Waals surface area contributed by atoms with E-state index in [9.17, 15) is 13.2 Å². The molecule has 0 aliphatic carbocycles. The van der Waals surface area contributed by atoms with Gasteiger partial charge in [0.15, 0.2) is 6.61 Å². The number of carbonyl (C=O) groups is 1. The Morgan fingerprint density at radius 3 is 2.84 bits per heavy atom. The molecule has 2 heterocycles. The molecule has 0 radical (unpaired) electrons. The molecule has 0 fully saturated rings. The minimum atomic E-state index is -3.87. The highest BCUT2D eigenvalue weighted by atomic mass is 35.5. The number of amides is 1. The molecule has 0 saturated heterocycles. The summed E-state index contributed by atoms with van der Waals surface area (Å²) in [4.78, 5) is 11.4. The summed E-state index contributed by atoms with van der Waals surface area (Å²) in [5, 5.41) is 2.66. The minimum Gasteiger partial charge on any atom is -0.482 e. The first-order valence-corrected chi connectivity index (χ1v) is 9.58. The van der Waals surface area contributed by atoms with Crippen molar-refractivity contribution in [2.24, 2.45) is 0 Å². The maximum absolute atomic E-state index is 13.3. The highest BCUT2D eigenvalue weighted by Crippen LogP contribution is 2.41. The molecule has 0 aromatic heterocycles. The van der Waals surface area contributed by atoms with Crippen LogP contribution in [0.1, 0.15) is 12.5 Å². The van der Waals surface area contributed by atoms with Crippen molar-refractivity contribution in [2.45, 2.75) is 24.3 Å². The predicted octanol–water partition coefficient (Wildman–Crippen LogP) is 2.81. The van der Waals surface area contributed by atoms with E-state index in [4.69, 9.17) is 16.3 Å². The Morgan fingerprint density at radius 2 is 2.04 bits per heavy atom. The van der Waals surface area contributed by atoms with Gasteiger partial charge in [0, 0.05) is 12.1 Å². The zero-order chi connectivity index (χ0) is 17.8. The third-order valence-corrected chi connectivity index (χ3v) is 6.74. The van der Waals surface area contributed by atoms with Gasteiger partial charge >= 0.3 is 0 Å². The van der Waals surface area contributed by atoms with Gasteiger partial charge in [-0.1, -0.05) is 29.8 Å². The summed E-state index contributed by atoms with van der Waals surface area (Å²) in [7, 11) is -3.87. The molecule has 4 rings (SSSR count). The van der Waals surface area contributed by atoms with Gasteiger partial charge in [-0.15, -0.1) is 0 Å². The number of carbonyl (C=O) groups excluding carboxylic acids is 1. The third-order valence-electron chi connectivity index (χ3n) is 4.35. The SMILES string of the molecule is CC1Cc2ccccc2N1S(=O)(=O)c1cc2c(cc1Cl)NC(=O)CO2. The number of nitrogens with one attached hydrogen (secondary N) is 1. The molecule has 2 aliphatic heterocycles. The van der Waals surface area contributed by atoms with Gasteiger partial charge in [0.2, 0.25) is 0 Å². The monoisotopic (exact) mass is 378 g/mol. The van der Waals surface area contributed by atoms with E-state index in [1.165, 1.54) is 16.4 Å². The van der Waals surface area contributed by atoms with Crippen molar-refractivity contribution in [3.8, 4) is 5.75 Å². The molecular weight excluding hydrogens is 364 g/mol. The molecule has 0 spiro atoms. The molecule has 8 heteroatoms. The van der Waals surface area contributed by atoms with Crippen molar-refractivity contribution >= 4 is 38.9 Å². The maximum atomic E-state index is 13.3. The van der Waals surface area contributed by atoms with Crippen molar-refractivity contribution < 1.29 is 17.9 Å². The van der Waals surface area contributed by atoms with E-state index in [1.54, 1.807) is 6.07 Å². The molecule has 25 heavy (non-hydrogen) atoms. The zero-order valence-corrected chi connectivity index (χ0v) is 14.9. The summed E-state index contributed by atoms with van der Waals surface area (Å²) in [6, 6.07) is 9.99. The van der Waals surface area contributed by atoms with E-state index in [0.717, 1.165) is 5.56 Å². The lowest BCUT2D eigenvalue weighted by molar-refractivity contribution is -0.118. The van der Waals surface area contributed by atoms with Crippen LogP contribution in [0.25, 0.3) is 0 Å². The summed E-state index contributed by atoms with van der Waals surface area (Å²) in [6.07, 6.45) is 0.643. The van der Waals surface area contributed by atoms with Crippen LogP contribution in [-0.2, 0) is 21.2 Å². The van der Waals surface area contributed by atoms with Crippen LogP contribution < -0.4 is 14.4 Å². The number of hydrogen-bond donors (Lipinski definition) is 1. The van der Waals surface area contributed by atoms with Crippen LogP contribution in [0.15, 0.2) is 41.3 Å². The van der Waals surface area contributed by atoms with Gasteiger partial charge in [0.25, 0.3) is 15.9 Å². The van der Waals surface area contributed by atoms with Crippen molar-refractivity contribution in [3.63, 3.8) is 0 Å². The van der Waals surface area contributed by atoms with Crippen LogP contribution in [0.4, 0.5) is 11.4 Å². The molecule has 2 aliphatic rings. The van der Waals surface area contributed by atoms with Crippen LogP contribution in [0, 0.1) is 0 Å². The second-order valence-corrected chi connectivity index (χ2v) is 8.29. The summed E-state index contributed by atoms with van der Waals surface area (Å²) >= 11 is 6.23. The fourth-order valence-corrected chi connectivity index (χ4v) is 5.50. The Morgan fingerprint density at radius 1 is 1.28 bits per heavy atom. The minimum absolute atomic E-state index is 0.0346. The normalized spacial score (nSPS) is 19.0. The van der Waals surface area contributed by atoms with E-state index >= 15 is 0 Å². The van der Waals surface area contributed by atoms with Gasteiger partial charge in [-0.25, -0.2) is 8.42 Å². The average molecular weight is 379 g/mol. The number of halogens is 1. The van der Waals surface area contributed by atoms with Crippen LogP contribution >= 0.6 is 11.6 Å². The lowest BCUT2D eigenvalue weighted by Gasteiger charge is -2.26. The third kappa shape index (κ3) is 2.54. The molecule has 2 aromatic rings. The van der Waals surface area contributed by atoms with Crippen LogP contribution in [-0.4, -0.2) is 27.0 Å². The summed E-state index contributed by atoms with van der Waals surface area (Å²) in [5.74, 6) is -0.0102. The number of anilines is 2. The number of sulfonamides is 1. The van der Waals surface area contributed by atoms with Gasteiger partial charge in [-0.3, -0.25) is 9.10 Å². The zero-order valence-electron chi connectivity index (χ0n) is 13.3. The van der Waals surface area contributed by atoms with E-state index in [-0.39, 0.29) is 28.5 Å². The molecular formula is C17H15ClN2O4S. The largest absolute Gasteiger partial charge is 0.482 e. The number of para-hydroxylation sites is 1. The molecule has 0 saturated carbocycles.